The van der Waals surface area contributed by atoms with E-state index in [1.54, 1.807) is 36.4 Å². The van der Waals surface area contributed by atoms with Crippen LogP contribution in [-0.2, 0) is 14.3 Å². The highest BCUT2D eigenvalue weighted by Gasteiger charge is 2.09. The van der Waals surface area contributed by atoms with Gasteiger partial charge in [-0.2, -0.15) is 0 Å². The third-order valence-electron chi connectivity index (χ3n) is 3.18. The summed E-state index contributed by atoms with van der Waals surface area (Å²) in [5.74, 6) is -0.677. The zero-order valence-electron chi connectivity index (χ0n) is 13.5. The van der Waals surface area contributed by atoms with Gasteiger partial charge in [0, 0.05) is 15.7 Å². The van der Waals surface area contributed by atoms with Crippen molar-refractivity contribution in [1.82, 2.24) is 0 Å². The van der Waals surface area contributed by atoms with E-state index in [4.69, 9.17) is 9.47 Å². The van der Waals surface area contributed by atoms with Crippen LogP contribution in [0.5, 0.6) is 5.75 Å². The SMILES string of the molecule is Cc1cc(NC(=O)COC(=O)COc2ccc(C=O)cc2)ccc1Br. The number of anilines is 1. The molecule has 0 aliphatic heterocycles. The van der Waals surface area contributed by atoms with E-state index in [2.05, 4.69) is 21.2 Å². The fourth-order valence-corrected chi connectivity index (χ4v) is 2.14. The Balaban J connectivity index is 1.73. The standard InChI is InChI=1S/C18H16BrNO5/c1-12-8-14(4-7-16(12)19)20-17(22)10-25-18(23)11-24-15-5-2-13(9-21)3-6-15/h2-9H,10-11H2,1H3,(H,20,22). The van der Waals surface area contributed by atoms with Gasteiger partial charge in [-0.25, -0.2) is 4.79 Å². The maximum Gasteiger partial charge on any atom is 0.344 e. The van der Waals surface area contributed by atoms with Crippen LogP contribution in [0.1, 0.15) is 15.9 Å². The van der Waals surface area contributed by atoms with E-state index in [1.165, 1.54) is 0 Å². The van der Waals surface area contributed by atoms with E-state index in [1.807, 2.05) is 13.0 Å². The number of aldehydes is 1. The van der Waals surface area contributed by atoms with Gasteiger partial charge in [-0.1, -0.05) is 15.9 Å². The Kier molecular flexibility index (Phi) is 6.71. The predicted octanol–water partition coefficient (Wildman–Crippen LogP) is 3.13. The molecule has 0 aliphatic rings. The van der Waals surface area contributed by atoms with Crippen LogP contribution < -0.4 is 10.1 Å². The van der Waals surface area contributed by atoms with Crippen LogP contribution in [0.4, 0.5) is 5.69 Å². The summed E-state index contributed by atoms with van der Waals surface area (Å²) in [7, 11) is 0. The molecule has 7 heteroatoms. The van der Waals surface area contributed by atoms with E-state index < -0.39 is 18.5 Å². The van der Waals surface area contributed by atoms with Crippen molar-refractivity contribution in [3.05, 3.63) is 58.1 Å². The fourth-order valence-electron chi connectivity index (χ4n) is 1.89. The second kappa shape index (κ2) is 8.98. The van der Waals surface area contributed by atoms with Crippen molar-refractivity contribution < 1.29 is 23.9 Å². The molecule has 0 aromatic heterocycles. The molecule has 6 nitrogen and oxygen atoms in total. The van der Waals surface area contributed by atoms with Gasteiger partial charge in [-0.15, -0.1) is 0 Å². The van der Waals surface area contributed by atoms with Crippen molar-refractivity contribution in [2.24, 2.45) is 0 Å². The highest BCUT2D eigenvalue weighted by Crippen LogP contribution is 2.19. The largest absolute Gasteiger partial charge is 0.482 e. The summed E-state index contributed by atoms with van der Waals surface area (Å²) in [4.78, 5) is 33.9. The summed E-state index contributed by atoms with van der Waals surface area (Å²) >= 11 is 3.38. The Bertz CT molecular complexity index is 774. The molecule has 0 saturated carbocycles. The molecule has 0 fully saturated rings. The second-order valence-corrected chi connectivity index (χ2v) is 6.00. The molecule has 2 aromatic rings. The summed E-state index contributed by atoms with van der Waals surface area (Å²) < 4.78 is 11.0. The van der Waals surface area contributed by atoms with Crippen molar-refractivity contribution >= 4 is 39.8 Å². The van der Waals surface area contributed by atoms with Crippen molar-refractivity contribution in [1.29, 1.82) is 0 Å². The lowest BCUT2D eigenvalue weighted by atomic mass is 10.2. The number of nitrogens with one attached hydrogen (secondary N) is 1. The van der Waals surface area contributed by atoms with Gasteiger partial charge >= 0.3 is 5.97 Å². The molecule has 0 spiro atoms. The first-order valence-electron chi connectivity index (χ1n) is 7.37. The Morgan fingerprint density at radius 2 is 1.84 bits per heavy atom. The van der Waals surface area contributed by atoms with Crippen molar-refractivity contribution in [3.8, 4) is 5.75 Å². The quantitative estimate of drug-likeness (QED) is 0.565. The van der Waals surface area contributed by atoms with Crippen LogP contribution in [0.15, 0.2) is 46.9 Å². The second-order valence-electron chi connectivity index (χ2n) is 5.15. The first-order chi connectivity index (χ1) is 12.0. The van der Waals surface area contributed by atoms with Gasteiger partial charge in [0.2, 0.25) is 0 Å². The number of ether oxygens (including phenoxy) is 2. The number of carbonyl (C=O) groups excluding carboxylic acids is 3. The highest BCUT2D eigenvalue weighted by molar-refractivity contribution is 9.10. The minimum absolute atomic E-state index is 0.328. The van der Waals surface area contributed by atoms with Gasteiger partial charge in [0.25, 0.3) is 5.91 Å². The lowest BCUT2D eigenvalue weighted by Gasteiger charge is -2.09. The first kappa shape index (κ1) is 18.7. The lowest BCUT2D eigenvalue weighted by molar-refractivity contribution is -0.149. The number of amides is 1. The average molecular weight is 406 g/mol. The molecule has 1 amide bonds. The molecule has 0 radical (unpaired) electrons. The Morgan fingerprint density at radius 3 is 2.48 bits per heavy atom. The Labute approximate surface area is 153 Å². The number of benzene rings is 2. The first-order valence-corrected chi connectivity index (χ1v) is 8.17. The summed E-state index contributed by atoms with van der Waals surface area (Å²) in [6.07, 6.45) is 0.712. The van der Waals surface area contributed by atoms with Gasteiger partial charge in [-0.3, -0.25) is 9.59 Å². The molecule has 0 aliphatic carbocycles. The van der Waals surface area contributed by atoms with Crippen LogP contribution in [0, 0.1) is 6.92 Å². The molecule has 130 valence electrons. The van der Waals surface area contributed by atoms with E-state index in [-0.39, 0.29) is 6.61 Å². The zero-order chi connectivity index (χ0) is 18.2. The molecular formula is C18H16BrNO5. The number of halogens is 1. The number of esters is 1. The van der Waals surface area contributed by atoms with Gasteiger partial charge in [0.05, 0.1) is 0 Å². The normalized spacial score (nSPS) is 10.0. The number of hydrogen-bond donors (Lipinski definition) is 1. The predicted molar refractivity (Wildman–Crippen MR) is 95.8 cm³/mol. The van der Waals surface area contributed by atoms with E-state index in [0.717, 1.165) is 10.0 Å². The van der Waals surface area contributed by atoms with Crippen LogP contribution in [0.25, 0.3) is 0 Å². The Hall–Kier alpha value is -2.67. The van der Waals surface area contributed by atoms with E-state index in [9.17, 15) is 14.4 Å². The van der Waals surface area contributed by atoms with Crippen LogP contribution >= 0.6 is 15.9 Å². The summed E-state index contributed by atoms with van der Waals surface area (Å²) in [6, 6.07) is 11.6. The maximum absolute atomic E-state index is 11.8. The topological polar surface area (TPSA) is 81.7 Å². The molecule has 1 N–H and O–H groups in total. The van der Waals surface area contributed by atoms with Gasteiger partial charge in [-0.05, 0) is 55.0 Å². The molecule has 0 saturated heterocycles. The lowest BCUT2D eigenvalue weighted by Crippen LogP contribution is -2.23. The van der Waals surface area contributed by atoms with Crippen molar-refractivity contribution in [2.45, 2.75) is 6.92 Å². The molecule has 0 bridgehead atoms. The molecule has 0 heterocycles. The number of aryl methyl sites for hydroxylation is 1. The van der Waals surface area contributed by atoms with Crippen LogP contribution in [0.3, 0.4) is 0 Å². The summed E-state index contributed by atoms with van der Waals surface area (Å²) in [5, 5.41) is 2.64. The highest BCUT2D eigenvalue weighted by atomic mass is 79.9. The number of hydrogen-bond acceptors (Lipinski definition) is 5. The fraction of sp³-hybridized carbons (Fsp3) is 0.167. The van der Waals surface area contributed by atoms with Gasteiger partial charge in [0.15, 0.2) is 13.2 Å². The molecule has 2 aromatic carbocycles. The molecule has 2 rings (SSSR count). The molecule has 25 heavy (non-hydrogen) atoms. The minimum Gasteiger partial charge on any atom is -0.482 e. The van der Waals surface area contributed by atoms with E-state index >= 15 is 0 Å². The summed E-state index contributed by atoms with van der Waals surface area (Å²) in [6.45, 7) is 1.17. The van der Waals surface area contributed by atoms with Crippen molar-refractivity contribution in [2.75, 3.05) is 18.5 Å². The third-order valence-corrected chi connectivity index (χ3v) is 4.07. The number of rotatable bonds is 7. The summed E-state index contributed by atoms with van der Waals surface area (Å²) in [5.41, 5.74) is 2.10. The minimum atomic E-state index is -0.665. The van der Waals surface area contributed by atoms with E-state index in [0.29, 0.717) is 23.3 Å². The number of carbonyl (C=O) groups is 3. The monoisotopic (exact) mass is 405 g/mol. The molecular weight excluding hydrogens is 390 g/mol. The zero-order valence-corrected chi connectivity index (χ0v) is 15.0. The smallest absolute Gasteiger partial charge is 0.344 e. The van der Waals surface area contributed by atoms with Gasteiger partial charge in [0.1, 0.15) is 12.0 Å². The van der Waals surface area contributed by atoms with Crippen LogP contribution in [0.2, 0.25) is 0 Å². The van der Waals surface area contributed by atoms with Crippen LogP contribution in [-0.4, -0.2) is 31.4 Å². The van der Waals surface area contributed by atoms with Gasteiger partial charge < -0.3 is 14.8 Å². The molecule has 0 unspecified atom stereocenters. The Morgan fingerprint density at radius 1 is 1.12 bits per heavy atom. The average Bonchev–Trinajstić information content (AvgIpc) is 2.61. The maximum atomic E-state index is 11.8. The van der Waals surface area contributed by atoms with Crippen molar-refractivity contribution in [3.63, 3.8) is 0 Å². The molecule has 0 atom stereocenters. The third kappa shape index (κ3) is 6.04.